The zero-order valence-corrected chi connectivity index (χ0v) is 10.1. The van der Waals surface area contributed by atoms with E-state index in [2.05, 4.69) is 28.6 Å². The molecule has 0 aromatic heterocycles. The van der Waals surface area contributed by atoms with Crippen LogP contribution < -0.4 is 0 Å². The van der Waals surface area contributed by atoms with E-state index in [9.17, 15) is 8.42 Å². The van der Waals surface area contributed by atoms with Gasteiger partial charge in [0.05, 0.1) is 10.6 Å². The summed E-state index contributed by atoms with van der Waals surface area (Å²) in [5.41, 5.74) is 0. The molecular weight excluding hydrogens is 272 g/mol. The molecule has 0 unspecified atom stereocenters. The first-order valence-electron chi connectivity index (χ1n) is 3.65. The van der Waals surface area contributed by atoms with Gasteiger partial charge in [0, 0.05) is 10.2 Å². The minimum Gasteiger partial charge on any atom is -0.224 e. The first-order valence-corrected chi connectivity index (χ1v) is 6.73. The second-order valence-electron chi connectivity index (χ2n) is 2.50. The summed E-state index contributed by atoms with van der Waals surface area (Å²) in [6.07, 6.45) is 0. The molecule has 0 spiro atoms. The van der Waals surface area contributed by atoms with Gasteiger partial charge < -0.3 is 0 Å². The van der Waals surface area contributed by atoms with Gasteiger partial charge in [0.1, 0.15) is 0 Å². The van der Waals surface area contributed by atoms with Gasteiger partial charge in [-0.15, -0.1) is 0 Å². The van der Waals surface area contributed by atoms with Crippen LogP contribution in [-0.4, -0.2) is 19.9 Å². The first kappa shape index (κ1) is 11.1. The molecule has 0 amide bonds. The lowest BCUT2D eigenvalue weighted by molar-refractivity contribution is 0.597. The van der Waals surface area contributed by atoms with Gasteiger partial charge in [-0.1, -0.05) is 15.9 Å². The molecule has 2 nitrogen and oxygen atoms in total. The molecular formula is C8H9BrO2S2. The van der Waals surface area contributed by atoms with Gasteiger partial charge in [0.15, 0.2) is 9.84 Å². The maximum absolute atomic E-state index is 11.5. The van der Waals surface area contributed by atoms with Gasteiger partial charge in [0.2, 0.25) is 0 Å². The number of rotatable bonds is 3. The molecule has 0 N–H and O–H groups in total. The fourth-order valence-corrected chi connectivity index (χ4v) is 2.89. The first-order chi connectivity index (χ1) is 6.06. The van der Waals surface area contributed by atoms with Crippen molar-refractivity contribution in [2.75, 3.05) is 11.5 Å². The summed E-state index contributed by atoms with van der Waals surface area (Å²) in [6.45, 7) is 0. The minimum atomic E-state index is -3.12. The maximum atomic E-state index is 11.5. The molecule has 0 fully saturated rings. The lowest BCUT2D eigenvalue weighted by atomic mass is 10.4. The summed E-state index contributed by atoms with van der Waals surface area (Å²) in [5.74, 6) is 0.427. The SMILES string of the molecule is O=S(=O)(CCS)c1ccc(Br)cc1. The average Bonchev–Trinajstić information content (AvgIpc) is 2.05. The quantitative estimate of drug-likeness (QED) is 0.861. The molecule has 0 saturated carbocycles. The van der Waals surface area contributed by atoms with Crippen molar-refractivity contribution >= 4 is 38.4 Å². The van der Waals surface area contributed by atoms with Crippen molar-refractivity contribution in [3.05, 3.63) is 28.7 Å². The van der Waals surface area contributed by atoms with Crippen LogP contribution in [0.1, 0.15) is 0 Å². The summed E-state index contributed by atoms with van der Waals surface area (Å²) in [4.78, 5) is 0.352. The smallest absolute Gasteiger partial charge is 0.179 e. The fourth-order valence-electron chi connectivity index (χ4n) is 0.880. The molecule has 5 heteroatoms. The summed E-state index contributed by atoms with van der Waals surface area (Å²) < 4.78 is 23.8. The van der Waals surface area contributed by atoms with Crippen LogP contribution in [0.5, 0.6) is 0 Å². The molecule has 0 aliphatic carbocycles. The Bertz CT molecular complexity index is 370. The van der Waals surface area contributed by atoms with Crippen LogP contribution in [-0.2, 0) is 9.84 Å². The topological polar surface area (TPSA) is 34.1 Å². The zero-order valence-electron chi connectivity index (χ0n) is 6.77. The van der Waals surface area contributed by atoms with E-state index in [1.165, 1.54) is 0 Å². The highest BCUT2D eigenvalue weighted by Crippen LogP contribution is 2.15. The standard InChI is InChI=1S/C8H9BrO2S2/c9-7-1-3-8(4-2-7)13(10,11)6-5-12/h1-4,12H,5-6H2. The van der Waals surface area contributed by atoms with E-state index in [-0.39, 0.29) is 5.75 Å². The third-order valence-electron chi connectivity index (χ3n) is 1.53. The van der Waals surface area contributed by atoms with E-state index in [4.69, 9.17) is 0 Å². The monoisotopic (exact) mass is 280 g/mol. The molecule has 13 heavy (non-hydrogen) atoms. The van der Waals surface area contributed by atoms with E-state index in [0.29, 0.717) is 10.6 Å². The predicted octanol–water partition coefficient (Wildman–Crippen LogP) is 2.15. The molecule has 72 valence electrons. The maximum Gasteiger partial charge on any atom is 0.179 e. The second kappa shape index (κ2) is 4.48. The Morgan fingerprint density at radius 3 is 2.23 bits per heavy atom. The second-order valence-corrected chi connectivity index (χ2v) is 5.97. The Morgan fingerprint density at radius 1 is 1.23 bits per heavy atom. The van der Waals surface area contributed by atoms with Crippen LogP contribution in [0.4, 0.5) is 0 Å². The number of thiol groups is 1. The van der Waals surface area contributed by atoms with Crippen molar-refractivity contribution < 1.29 is 8.42 Å². The van der Waals surface area contributed by atoms with Crippen LogP contribution in [0.2, 0.25) is 0 Å². The number of sulfone groups is 1. The van der Waals surface area contributed by atoms with Crippen LogP contribution in [0.15, 0.2) is 33.6 Å². The number of hydrogen-bond acceptors (Lipinski definition) is 3. The highest BCUT2D eigenvalue weighted by molar-refractivity contribution is 9.10. The van der Waals surface area contributed by atoms with Gasteiger partial charge in [-0.3, -0.25) is 0 Å². The largest absolute Gasteiger partial charge is 0.224 e. The third kappa shape index (κ3) is 3.00. The molecule has 1 aromatic rings. The molecule has 0 radical (unpaired) electrons. The van der Waals surface area contributed by atoms with Gasteiger partial charge in [-0.25, -0.2) is 8.42 Å². The fraction of sp³-hybridized carbons (Fsp3) is 0.250. The molecule has 1 aromatic carbocycles. The van der Waals surface area contributed by atoms with Gasteiger partial charge in [0.25, 0.3) is 0 Å². The van der Waals surface area contributed by atoms with E-state index < -0.39 is 9.84 Å². The predicted molar refractivity (Wildman–Crippen MR) is 60.0 cm³/mol. The van der Waals surface area contributed by atoms with Crippen molar-refractivity contribution in [1.29, 1.82) is 0 Å². The van der Waals surface area contributed by atoms with Crippen LogP contribution >= 0.6 is 28.6 Å². The lowest BCUT2D eigenvalue weighted by Crippen LogP contribution is -2.07. The molecule has 0 atom stereocenters. The van der Waals surface area contributed by atoms with Crippen molar-refractivity contribution in [2.24, 2.45) is 0 Å². The third-order valence-corrected chi connectivity index (χ3v) is 4.32. The summed E-state index contributed by atoms with van der Waals surface area (Å²) >= 11 is 7.14. The Balaban J connectivity index is 3.02. The Labute approximate surface area is 91.8 Å². The molecule has 0 saturated heterocycles. The van der Waals surface area contributed by atoms with E-state index in [1.54, 1.807) is 24.3 Å². The van der Waals surface area contributed by atoms with Crippen LogP contribution in [0, 0.1) is 0 Å². The van der Waals surface area contributed by atoms with Gasteiger partial charge in [-0.2, -0.15) is 12.6 Å². The molecule has 1 rings (SSSR count). The Kier molecular flexibility index (Phi) is 3.82. The lowest BCUT2D eigenvalue weighted by Gasteiger charge is -2.01. The number of benzene rings is 1. The van der Waals surface area contributed by atoms with Crippen molar-refractivity contribution in [1.82, 2.24) is 0 Å². The van der Waals surface area contributed by atoms with Crippen molar-refractivity contribution in [2.45, 2.75) is 4.90 Å². The summed E-state index contributed by atoms with van der Waals surface area (Å²) in [5, 5.41) is 0. The normalized spacial score (nSPS) is 11.5. The highest BCUT2D eigenvalue weighted by atomic mass is 79.9. The van der Waals surface area contributed by atoms with E-state index in [1.807, 2.05) is 0 Å². The van der Waals surface area contributed by atoms with Gasteiger partial charge >= 0.3 is 0 Å². The Hall–Kier alpha value is -0.000000000000000111. The number of halogens is 1. The molecule has 0 aliphatic rings. The molecule has 0 aliphatic heterocycles. The van der Waals surface area contributed by atoms with E-state index >= 15 is 0 Å². The number of hydrogen-bond donors (Lipinski definition) is 1. The van der Waals surface area contributed by atoms with Gasteiger partial charge in [-0.05, 0) is 24.3 Å². The van der Waals surface area contributed by atoms with Crippen molar-refractivity contribution in [3.8, 4) is 0 Å². The Morgan fingerprint density at radius 2 is 1.77 bits per heavy atom. The minimum absolute atomic E-state index is 0.0811. The van der Waals surface area contributed by atoms with Crippen LogP contribution in [0.25, 0.3) is 0 Å². The highest BCUT2D eigenvalue weighted by Gasteiger charge is 2.12. The molecule has 0 bridgehead atoms. The zero-order chi connectivity index (χ0) is 9.90. The summed E-state index contributed by atoms with van der Waals surface area (Å²) in [7, 11) is -3.12. The van der Waals surface area contributed by atoms with Crippen LogP contribution in [0.3, 0.4) is 0 Å². The average molecular weight is 281 g/mol. The molecule has 0 heterocycles. The van der Waals surface area contributed by atoms with E-state index in [0.717, 1.165) is 4.47 Å². The summed E-state index contributed by atoms with van der Waals surface area (Å²) in [6, 6.07) is 6.60. The van der Waals surface area contributed by atoms with Crippen molar-refractivity contribution in [3.63, 3.8) is 0 Å².